The molecule has 0 aromatic carbocycles. The lowest BCUT2D eigenvalue weighted by Gasteiger charge is -2.45. The fraction of sp³-hybridized carbons (Fsp3) is 0.920. The van der Waals surface area contributed by atoms with Crippen molar-refractivity contribution in [3.8, 4) is 0 Å². The average molecular weight is 551 g/mol. The van der Waals surface area contributed by atoms with Gasteiger partial charge in [-0.15, -0.1) is 0 Å². The van der Waals surface area contributed by atoms with Gasteiger partial charge in [-0.25, -0.2) is 0 Å². The predicted octanol–water partition coefficient (Wildman–Crippen LogP) is -2.72. The molecular weight excluding hydrogens is 508 g/mol. The monoisotopic (exact) mass is 550 g/mol. The van der Waals surface area contributed by atoms with E-state index in [0.717, 1.165) is 0 Å². The van der Waals surface area contributed by atoms with Crippen LogP contribution in [0.25, 0.3) is 0 Å². The first-order valence-corrected chi connectivity index (χ1v) is 13.0. The van der Waals surface area contributed by atoms with Crippen LogP contribution in [0, 0.1) is 5.41 Å². The highest BCUT2D eigenvalue weighted by Crippen LogP contribution is 2.66. The summed E-state index contributed by atoms with van der Waals surface area (Å²) in [5.74, 6) is 0. The van der Waals surface area contributed by atoms with Gasteiger partial charge >= 0.3 is 0 Å². The van der Waals surface area contributed by atoms with Crippen molar-refractivity contribution in [1.29, 1.82) is 0 Å². The highest BCUT2D eigenvalue weighted by molar-refractivity contribution is 5.32. The third-order valence-corrected chi connectivity index (χ3v) is 8.47. The summed E-state index contributed by atoms with van der Waals surface area (Å²) < 4.78 is 29.0. The Hall–Kier alpha value is -0.780. The molecule has 4 rings (SSSR count). The van der Waals surface area contributed by atoms with Crippen molar-refractivity contribution in [2.75, 3.05) is 13.2 Å². The van der Waals surface area contributed by atoms with E-state index in [4.69, 9.17) is 23.7 Å². The maximum absolute atomic E-state index is 10.4. The molecule has 38 heavy (non-hydrogen) atoms. The van der Waals surface area contributed by atoms with Crippen LogP contribution in [0.3, 0.4) is 0 Å². The molecule has 0 aromatic heterocycles. The smallest absolute Gasteiger partial charge is 0.187 e. The highest BCUT2D eigenvalue weighted by Gasteiger charge is 2.75. The second-order valence-electron chi connectivity index (χ2n) is 11.7. The van der Waals surface area contributed by atoms with Crippen LogP contribution < -0.4 is 0 Å². The summed E-state index contributed by atoms with van der Waals surface area (Å²) in [6.07, 6.45) is -10.0. The molecule has 0 radical (unpaired) electrons. The molecule has 13 nitrogen and oxygen atoms in total. The summed E-state index contributed by atoms with van der Waals surface area (Å²) in [5, 5.41) is 79.5. The Morgan fingerprint density at radius 1 is 0.789 bits per heavy atom. The van der Waals surface area contributed by atoms with E-state index >= 15 is 0 Å². The summed E-state index contributed by atoms with van der Waals surface area (Å²) in [7, 11) is 0. The van der Waals surface area contributed by atoms with Crippen LogP contribution in [0.1, 0.15) is 40.5 Å². The van der Waals surface area contributed by atoms with Gasteiger partial charge in [-0.1, -0.05) is 26.0 Å². The number of ether oxygens (including phenoxy) is 5. The minimum absolute atomic E-state index is 0.414. The fourth-order valence-electron chi connectivity index (χ4n) is 6.21. The van der Waals surface area contributed by atoms with Gasteiger partial charge in [-0.05, 0) is 20.3 Å². The summed E-state index contributed by atoms with van der Waals surface area (Å²) in [5.41, 5.74) is -1.77. The lowest BCUT2D eigenvalue weighted by atomic mass is 9.63. The predicted molar refractivity (Wildman–Crippen MR) is 127 cm³/mol. The number of fused-ring (bicyclic) bond motifs is 1. The van der Waals surface area contributed by atoms with E-state index in [2.05, 4.69) is 0 Å². The van der Waals surface area contributed by atoms with Crippen molar-refractivity contribution in [3.05, 3.63) is 12.2 Å². The molecule has 1 aliphatic carbocycles. The molecular formula is C25H42O13. The lowest BCUT2D eigenvalue weighted by molar-refractivity contribution is -0.315. The van der Waals surface area contributed by atoms with Gasteiger partial charge in [0.1, 0.15) is 60.0 Å². The van der Waals surface area contributed by atoms with Crippen LogP contribution in [0.5, 0.6) is 0 Å². The molecule has 8 N–H and O–H groups in total. The van der Waals surface area contributed by atoms with Gasteiger partial charge in [0, 0.05) is 11.8 Å². The number of hydrogen-bond donors (Lipinski definition) is 8. The molecule has 14 unspecified atom stereocenters. The third kappa shape index (κ3) is 5.18. The molecule has 13 heteroatoms. The second kappa shape index (κ2) is 10.9. The Labute approximate surface area is 221 Å². The third-order valence-electron chi connectivity index (χ3n) is 8.47. The SMILES string of the molecule is CC(C=CC12OC1(C)CC(OC1OC(CO)C(O)C(O)C1O)CC2(C)C)OC1OC(CO)C(O)C(O)C1O. The van der Waals surface area contributed by atoms with Crippen molar-refractivity contribution < 1.29 is 64.5 Å². The first-order chi connectivity index (χ1) is 17.7. The van der Waals surface area contributed by atoms with Gasteiger partial charge in [-0.3, -0.25) is 0 Å². The van der Waals surface area contributed by atoms with Crippen LogP contribution in [-0.2, 0) is 23.7 Å². The summed E-state index contributed by atoms with van der Waals surface area (Å²) >= 11 is 0. The van der Waals surface area contributed by atoms with E-state index in [1.807, 2.05) is 26.8 Å². The molecule has 4 aliphatic rings. The van der Waals surface area contributed by atoms with E-state index in [1.165, 1.54) is 0 Å². The molecule has 0 spiro atoms. The fourth-order valence-corrected chi connectivity index (χ4v) is 6.21. The number of epoxide rings is 1. The summed E-state index contributed by atoms with van der Waals surface area (Å²) in [6, 6.07) is 0. The van der Waals surface area contributed by atoms with E-state index in [0.29, 0.717) is 12.8 Å². The summed E-state index contributed by atoms with van der Waals surface area (Å²) in [4.78, 5) is 0. The van der Waals surface area contributed by atoms with Gasteiger partial charge in [0.05, 0.1) is 25.4 Å². The maximum Gasteiger partial charge on any atom is 0.187 e. The van der Waals surface area contributed by atoms with E-state index in [9.17, 15) is 40.9 Å². The van der Waals surface area contributed by atoms with Crippen LogP contribution in [-0.4, -0.2) is 139 Å². The van der Waals surface area contributed by atoms with Crippen molar-refractivity contribution in [1.82, 2.24) is 0 Å². The molecule has 1 saturated carbocycles. The second-order valence-corrected chi connectivity index (χ2v) is 11.7. The highest BCUT2D eigenvalue weighted by atomic mass is 16.7. The normalized spacial score (nSPS) is 51.5. The Morgan fingerprint density at radius 2 is 1.32 bits per heavy atom. The van der Waals surface area contributed by atoms with Crippen molar-refractivity contribution in [3.63, 3.8) is 0 Å². The molecule has 3 aliphatic heterocycles. The van der Waals surface area contributed by atoms with Gasteiger partial charge in [0.2, 0.25) is 0 Å². The Morgan fingerprint density at radius 3 is 1.84 bits per heavy atom. The molecule has 0 aromatic rings. The van der Waals surface area contributed by atoms with Crippen LogP contribution in [0.4, 0.5) is 0 Å². The molecule has 0 amide bonds. The quantitative estimate of drug-likeness (QED) is 0.114. The number of aliphatic hydroxyl groups is 8. The lowest BCUT2D eigenvalue weighted by Crippen LogP contribution is -2.60. The first kappa shape index (κ1) is 30.2. The van der Waals surface area contributed by atoms with E-state index < -0.39 is 103 Å². The van der Waals surface area contributed by atoms with E-state index in [-0.39, 0.29) is 0 Å². The zero-order valence-electron chi connectivity index (χ0n) is 22.0. The molecule has 14 atom stereocenters. The number of hydrogen-bond acceptors (Lipinski definition) is 13. The van der Waals surface area contributed by atoms with Gasteiger partial charge < -0.3 is 64.5 Å². The maximum atomic E-state index is 10.4. The molecule has 220 valence electrons. The standard InChI is InChI=1S/C25H42O13/c1-11(34-21-19(32)17(30)15(28)13(9-26)36-21)5-6-25-23(2,3)7-12(8-24(25,4)38-25)35-22-20(33)18(31)16(29)14(10-27)37-22/h5-6,11-22,26-33H,7-10H2,1-4H3. The largest absolute Gasteiger partial charge is 0.394 e. The van der Waals surface area contributed by atoms with Crippen molar-refractivity contribution in [2.45, 2.75) is 125 Å². The van der Waals surface area contributed by atoms with Crippen molar-refractivity contribution >= 4 is 0 Å². The Balaban J connectivity index is 1.40. The average Bonchev–Trinajstić information content (AvgIpc) is 3.49. The van der Waals surface area contributed by atoms with Crippen LogP contribution in [0.15, 0.2) is 12.2 Å². The van der Waals surface area contributed by atoms with E-state index in [1.54, 1.807) is 13.0 Å². The topological polar surface area (TPSA) is 211 Å². The molecule has 4 fully saturated rings. The molecule has 3 heterocycles. The minimum Gasteiger partial charge on any atom is -0.394 e. The Bertz CT molecular complexity index is 851. The first-order valence-electron chi connectivity index (χ1n) is 13.0. The van der Waals surface area contributed by atoms with Crippen molar-refractivity contribution in [2.24, 2.45) is 5.41 Å². The molecule has 3 saturated heterocycles. The van der Waals surface area contributed by atoms with Gasteiger partial charge in [-0.2, -0.15) is 0 Å². The Kier molecular flexibility index (Phi) is 8.65. The van der Waals surface area contributed by atoms with Crippen LogP contribution in [0.2, 0.25) is 0 Å². The zero-order chi connectivity index (χ0) is 28.2. The van der Waals surface area contributed by atoms with Crippen LogP contribution >= 0.6 is 0 Å². The zero-order valence-corrected chi connectivity index (χ0v) is 22.0. The van der Waals surface area contributed by atoms with Gasteiger partial charge in [0.15, 0.2) is 12.6 Å². The summed E-state index contributed by atoms with van der Waals surface area (Å²) in [6.45, 7) is 6.58. The number of aliphatic hydroxyl groups excluding tert-OH is 8. The number of rotatable bonds is 8. The van der Waals surface area contributed by atoms with Gasteiger partial charge in [0.25, 0.3) is 0 Å². The molecule has 0 bridgehead atoms. The minimum atomic E-state index is -1.53.